The summed E-state index contributed by atoms with van der Waals surface area (Å²) in [4.78, 5) is 34.2. The molecular weight excluding hydrogens is 430 g/mol. The van der Waals surface area contributed by atoms with E-state index in [1.54, 1.807) is 0 Å². The van der Waals surface area contributed by atoms with Crippen LogP contribution in [0.25, 0.3) is 5.70 Å². The van der Waals surface area contributed by atoms with Gasteiger partial charge in [-0.25, -0.2) is 0 Å². The van der Waals surface area contributed by atoms with Crippen molar-refractivity contribution in [3.05, 3.63) is 40.9 Å². The number of benzene rings is 1. The lowest BCUT2D eigenvalue weighted by atomic mass is 10.1. The Morgan fingerprint density at radius 3 is 2.52 bits per heavy atom. The normalized spacial score (nSPS) is 10.2. The van der Waals surface area contributed by atoms with Crippen LogP contribution in [0.15, 0.2) is 24.8 Å². The van der Waals surface area contributed by atoms with Gasteiger partial charge in [-0.05, 0) is 43.6 Å². The Morgan fingerprint density at radius 1 is 1.14 bits per heavy atom. The molecule has 0 aliphatic carbocycles. The fraction of sp³-hybridized carbons (Fsp3) is 0.400. The van der Waals surface area contributed by atoms with Crippen LogP contribution in [0.1, 0.15) is 43.7 Å². The van der Waals surface area contributed by atoms with E-state index >= 15 is 0 Å². The number of rotatable bonds is 10. The molecule has 0 saturated carbocycles. The Morgan fingerprint density at radius 2 is 1.86 bits per heavy atom. The topological polar surface area (TPSA) is 87.3 Å². The quantitative estimate of drug-likeness (QED) is 0.369. The summed E-state index contributed by atoms with van der Waals surface area (Å²) in [5, 5.41) is 8.89. The van der Waals surface area contributed by atoms with Crippen molar-refractivity contribution in [3.63, 3.8) is 0 Å². The van der Waals surface area contributed by atoms with Gasteiger partial charge in [-0.15, -0.1) is 0 Å². The number of thiocarbonyl (C=S) groups is 1. The van der Waals surface area contributed by atoms with E-state index in [1.807, 2.05) is 25.1 Å². The minimum absolute atomic E-state index is 0.0795. The molecule has 158 valence electrons. The minimum atomic E-state index is -0.188. The molecule has 0 fully saturated rings. The molecule has 0 aliphatic rings. The first-order chi connectivity index (χ1) is 13.7. The fourth-order valence-electron chi connectivity index (χ4n) is 2.32. The van der Waals surface area contributed by atoms with Crippen LogP contribution in [-0.4, -0.2) is 34.3 Å². The molecule has 0 unspecified atom stereocenters. The van der Waals surface area contributed by atoms with Crippen molar-refractivity contribution < 1.29 is 14.4 Å². The van der Waals surface area contributed by atoms with E-state index in [9.17, 15) is 14.4 Å². The summed E-state index contributed by atoms with van der Waals surface area (Å²) in [5.41, 5.74) is 2.27. The summed E-state index contributed by atoms with van der Waals surface area (Å²) in [6.45, 7) is 7.80. The van der Waals surface area contributed by atoms with E-state index in [1.165, 1.54) is 6.92 Å². The number of hydrogen-bond donors (Lipinski definition) is 3. The summed E-state index contributed by atoms with van der Waals surface area (Å²) in [6, 6.07) is 5.59. The van der Waals surface area contributed by atoms with Gasteiger partial charge in [0.25, 0.3) is 0 Å². The van der Waals surface area contributed by atoms with Gasteiger partial charge in [0.2, 0.25) is 11.8 Å². The lowest BCUT2D eigenvalue weighted by Crippen LogP contribution is -2.38. The molecule has 1 rings (SSSR count). The Kier molecular flexibility index (Phi) is 11.6. The second-order valence-electron chi connectivity index (χ2n) is 6.41. The molecule has 2 amide bonds. The average Bonchev–Trinajstić information content (AvgIpc) is 2.62. The number of hydrogen-bond acceptors (Lipinski definition) is 5. The number of amides is 2. The third-order valence-electron chi connectivity index (χ3n) is 3.78. The van der Waals surface area contributed by atoms with Gasteiger partial charge in [-0.2, -0.15) is 0 Å². The Balaban J connectivity index is 2.19. The van der Waals surface area contributed by atoms with Gasteiger partial charge < -0.3 is 16.0 Å². The fourth-order valence-corrected chi connectivity index (χ4v) is 3.35. The van der Waals surface area contributed by atoms with Crippen LogP contribution in [-0.2, 0) is 14.4 Å². The number of halogens is 1. The SMILES string of the molecule is C=C(NC(=S)NC(=O)CCCCCNC(=O)CSC(C)=O)c1ccc(C)cc1Cl. The average molecular weight is 456 g/mol. The van der Waals surface area contributed by atoms with E-state index in [2.05, 4.69) is 22.5 Å². The van der Waals surface area contributed by atoms with Crippen molar-refractivity contribution in [2.75, 3.05) is 12.3 Å². The van der Waals surface area contributed by atoms with E-state index < -0.39 is 0 Å². The number of unbranched alkanes of at least 4 members (excludes halogenated alkanes) is 2. The van der Waals surface area contributed by atoms with Crippen LogP contribution < -0.4 is 16.0 Å². The molecule has 0 heterocycles. The summed E-state index contributed by atoms with van der Waals surface area (Å²) in [5.74, 6) is -0.207. The van der Waals surface area contributed by atoms with Crippen LogP contribution >= 0.6 is 35.6 Å². The highest BCUT2D eigenvalue weighted by atomic mass is 35.5. The molecule has 6 nitrogen and oxygen atoms in total. The monoisotopic (exact) mass is 455 g/mol. The van der Waals surface area contributed by atoms with Crippen LogP contribution in [0, 0.1) is 6.92 Å². The summed E-state index contributed by atoms with van der Waals surface area (Å²) in [7, 11) is 0. The zero-order valence-corrected chi connectivity index (χ0v) is 19.0. The summed E-state index contributed by atoms with van der Waals surface area (Å²) < 4.78 is 0. The summed E-state index contributed by atoms with van der Waals surface area (Å²) >= 11 is 12.3. The molecule has 3 N–H and O–H groups in total. The molecule has 0 radical (unpaired) electrons. The van der Waals surface area contributed by atoms with Crippen molar-refractivity contribution in [1.82, 2.24) is 16.0 Å². The van der Waals surface area contributed by atoms with Crippen molar-refractivity contribution in [2.45, 2.75) is 39.5 Å². The second kappa shape index (κ2) is 13.3. The predicted octanol–water partition coefficient (Wildman–Crippen LogP) is 3.57. The summed E-state index contributed by atoms with van der Waals surface area (Å²) in [6.07, 6.45) is 2.56. The Labute approximate surface area is 186 Å². The highest BCUT2D eigenvalue weighted by Crippen LogP contribution is 2.22. The number of carbonyl (C=O) groups is 3. The molecule has 1 aromatic carbocycles. The van der Waals surface area contributed by atoms with Gasteiger partial charge in [0.1, 0.15) is 0 Å². The molecule has 0 saturated heterocycles. The van der Waals surface area contributed by atoms with Crippen molar-refractivity contribution in [1.29, 1.82) is 0 Å². The van der Waals surface area contributed by atoms with Crippen molar-refractivity contribution in [3.8, 4) is 0 Å². The van der Waals surface area contributed by atoms with E-state index in [0.29, 0.717) is 30.1 Å². The standard InChI is InChI=1S/C20H26ClN3O3S2/c1-13-8-9-16(17(21)11-13)14(2)23-20(28)24-18(26)7-5-4-6-10-22-19(27)12-29-15(3)25/h8-9,11H,2,4-7,10,12H2,1,3H3,(H,22,27)(H2,23,24,26,28). The number of aryl methyl sites for hydroxylation is 1. The van der Waals surface area contributed by atoms with E-state index in [-0.39, 0.29) is 27.8 Å². The first kappa shape index (κ1) is 25.1. The van der Waals surface area contributed by atoms with Crippen molar-refractivity contribution >= 4 is 63.3 Å². The smallest absolute Gasteiger partial charge is 0.230 e. The maximum atomic E-state index is 12.0. The number of thioether (sulfide) groups is 1. The molecule has 9 heteroatoms. The van der Waals surface area contributed by atoms with Gasteiger partial charge in [0.05, 0.1) is 10.8 Å². The molecule has 0 spiro atoms. The number of carbonyl (C=O) groups excluding carboxylic acids is 3. The highest BCUT2D eigenvalue weighted by Gasteiger charge is 2.09. The van der Waals surface area contributed by atoms with Crippen LogP contribution in [0.4, 0.5) is 0 Å². The van der Waals surface area contributed by atoms with Crippen LogP contribution in [0.5, 0.6) is 0 Å². The molecular formula is C20H26ClN3O3S2. The zero-order chi connectivity index (χ0) is 21.8. The Hall–Kier alpha value is -1.90. The molecule has 29 heavy (non-hydrogen) atoms. The van der Waals surface area contributed by atoms with Gasteiger partial charge in [-0.3, -0.25) is 14.4 Å². The molecule has 0 atom stereocenters. The van der Waals surface area contributed by atoms with Gasteiger partial charge >= 0.3 is 0 Å². The van der Waals surface area contributed by atoms with Crippen LogP contribution in [0.3, 0.4) is 0 Å². The van der Waals surface area contributed by atoms with Crippen molar-refractivity contribution in [2.24, 2.45) is 0 Å². The molecule has 0 bridgehead atoms. The third kappa shape index (κ3) is 11.0. The lowest BCUT2D eigenvalue weighted by Gasteiger charge is -2.13. The van der Waals surface area contributed by atoms with Crippen LogP contribution in [0.2, 0.25) is 5.02 Å². The zero-order valence-electron chi connectivity index (χ0n) is 16.6. The first-order valence-corrected chi connectivity index (χ1v) is 10.9. The van der Waals surface area contributed by atoms with Gasteiger partial charge in [0.15, 0.2) is 10.2 Å². The minimum Gasteiger partial charge on any atom is -0.355 e. The molecule has 1 aromatic rings. The van der Waals surface area contributed by atoms with E-state index in [4.69, 9.17) is 23.8 Å². The Bertz CT molecular complexity index is 784. The lowest BCUT2D eigenvalue weighted by molar-refractivity contribution is -0.120. The van der Waals surface area contributed by atoms with Gasteiger partial charge in [0, 0.05) is 31.1 Å². The highest BCUT2D eigenvalue weighted by molar-refractivity contribution is 8.14. The van der Waals surface area contributed by atoms with Gasteiger partial charge in [-0.1, -0.05) is 48.5 Å². The first-order valence-electron chi connectivity index (χ1n) is 9.15. The predicted molar refractivity (Wildman–Crippen MR) is 124 cm³/mol. The molecule has 0 aliphatic heterocycles. The number of nitrogens with one attached hydrogen (secondary N) is 3. The maximum absolute atomic E-state index is 12.0. The third-order valence-corrected chi connectivity index (χ3v) is 5.11. The van der Waals surface area contributed by atoms with E-state index in [0.717, 1.165) is 35.7 Å². The largest absolute Gasteiger partial charge is 0.355 e. The molecule has 0 aromatic heterocycles. The second-order valence-corrected chi connectivity index (χ2v) is 8.37. The maximum Gasteiger partial charge on any atom is 0.230 e.